The van der Waals surface area contributed by atoms with Gasteiger partial charge in [0.2, 0.25) is 5.91 Å². The summed E-state index contributed by atoms with van der Waals surface area (Å²) in [7, 11) is 1.77. The summed E-state index contributed by atoms with van der Waals surface area (Å²) in [5.74, 6) is -0.233. The Balaban J connectivity index is 2.20. The fraction of sp³-hybridized carbons (Fsp3) is 0.833. The molecule has 2 unspecified atom stereocenters. The maximum atomic E-state index is 11.3. The molecule has 1 heterocycles. The number of hydrogen-bond donors (Lipinski definition) is 2. The minimum Gasteiger partial charge on any atom is -0.466 e. The molecule has 1 rings (SSSR count). The number of carbonyl (C=O) groups excluding carboxylic acids is 2. The fourth-order valence-corrected chi connectivity index (χ4v) is 1.97. The number of esters is 1. The average molecular weight is 258 g/mol. The third-order valence-corrected chi connectivity index (χ3v) is 2.98. The zero-order valence-corrected chi connectivity index (χ0v) is 11.0. The van der Waals surface area contributed by atoms with Gasteiger partial charge in [0, 0.05) is 32.6 Å². The molecule has 0 bridgehead atoms. The Labute approximate surface area is 107 Å². The van der Waals surface area contributed by atoms with E-state index < -0.39 is 6.10 Å². The lowest BCUT2D eigenvalue weighted by Gasteiger charge is -2.30. The molecule has 6 nitrogen and oxygen atoms in total. The number of nitrogens with one attached hydrogen (secondary N) is 1. The molecule has 0 spiro atoms. The standard InChI is InChI=1S/C12H22N2O4/c1-3-18-12(17)6-10(15)7-13-9-4-5-11(16)14(2)8-9/h9-10,13,15H,3-8H2,1-2H3. The number of ether oxygens (including phenoxy) is 1. The lowest BCUT2D eigenvalue weighted by atomic mass is 10.1. The van der Waals surface area contributed by atoms with Gasteiger partial charge in [-0.25, -0.2) is 0 Å². The normalized spacial score (nSPS) is 21.8. The van der Waals surface area contributed by atoms with Crippen LogP contribution in [0.2, 0.25) is 0 Å². The van der Waals surface area contributed by atoms with E-state index in [-0.39, 0.29) is 24.3 Å². The highest BCUT2D eigenvalue weighted by molar-refractivity contribution is 5.76. The van der Waals surface area contributed by atoms with Crippen molar-refractivity contribution in [3.05, 3.63) is 0 Å². The van der Waals surface area contributed by atoms with Gasteiger partial charge in [0.1, 0.15) is 0 Å². The van der Waals surface area contributed by atoms with Gasteiger partial charge in [0.15, 0.2) is 0 Å². The second-order valence-corrected chi connectivity index (χ2v) is 4.58. The smallest absolute Gasteiger partial charge is 0.308 e. The number of nitrogens with zero attached hydrogens (tertiary/aromatic N) is 1. The molecule has 1 fully saturated rings. The fourth-order valence-electron chi connectivity index (χ4n) is 1.97. The molecule has 1 amide bonds. The van der Waals surface area contributed by atoms with E-state index in [1.807, 2.05) is 0 Å². The van der Waals surface area contributed by atoms with E-state index in [1.165, 1.54) is 0 Å². The largest absolute Gasteiger partial charge is 0.466 e. The SMILES string of the molecule is CCOC(=O)CC(O)CNC1CCC(=O)N(C)C1. The van der Waals surface area contributed by atoms with E-state index in [4.69, 9.17) is 4.74 Å². The van der Waals surface area contributed by atoms with Crippen molar-refractivity contribution in [2.75, 3.05) is 26.7 Å². The van der Waals surface area contributed by atoms with Gasteiger partial charge < -0.3 is 20.1 Å². The van der Waals surface area contributed by atoms with Crippen molar-refractivity contribution in [1.29, 1.82) is 0 Å². The number of amides is 1. The summed E-state index contributed by atoms with van der Waals surface area (Å²) in [6.07, 6.45) is 0.562. The van der Waals surface area contributed by atoms with Crippen LogP contribution in [-0.4, -0.2) is 60.8 Å². The Morgan fingerprint density at radius 1 is 1.67 bits per heavy atom. The molecule has 0 aromatic carbocycles. The number of rotatable bonds is 6. The van der Waals surface area contributed by atoms with Crippen LogP contribution in [0, 0.1) is 0 Å². The number of likely N-dealkylation sites (tertiary alicyclic amines) is 1. The number of aliphatic hydroxyl groups excluding tert-OH is 1. The second kappa shape index (κ2) is 7.33. The van der Waals surface area contributed by atoms with Crippen molar-refractivity contribution >= 4 is 11.9 Å². The summed E-state index contributed by atoms with van der Waals surface area (Å²) in [6, 6.07) is 0.185. The van der Waals surface area contributed by atoms with Gasteiger partial charge in [0.25, 0.3) is 0 Å². The monoisotopic (exact) mass is 258 g/mol. The lowest BCUT2D eigenvalue weighted by molar-refractivity contribution is -0.145. The number of likely N-dealkylation sites (N-methyl/N-ethyl adjacent to an activating group) is 1. The first-order valence-electron chi connectivity index (χ1n) is 6.34. The molecule has 0 aromatic heterocycles. The predicted octanol–water partition coefficient (Wildman–Crippen LogP) is -0.489. The van der Waals surface area contributed by atoms with Gasteiger partial charge in [-0.2, -0.15) is 0 Å². The molecule has 0 saturated carbocycles. The van der Waals surface area contributed by atoms with Crippen LogP contribution < -0.4 is 5.32 Å². The van der Waals surface area contributed by atoms with Crippen molar-refractivity contribution in [2.45, 2.75) is 38.3 Å². The molecule has 0 radical (unpaired) electrons. The Morgan fingerprint density at radius 2 is 2.39 bits per heavy atom. The maximum Gasteiger partial charge on any atom is 0.308 e. The van der Waals surface area contributed by atoms with Crippen LogP contribution in [0.25, 0.3) is 0 Å². The predicted molar refractivity (Wildman–Crippen MR) is 65.9 cm³/mol. The van der Waals surface area contributed by atoms with Crippen LogP contribution >= 0.6 is 0 Å². The first-order chi connectivity index (χ1) is 8.52. The van der Waals surface area contributed by atoms with Crippen LogP contribution in [-0.2, 0) is 14.3 Å². The Bertz CT molecular complexity index is 296. The van der Waals surface area contributed by atoms with E-state index in [1.54, 1.807) is 18.9 Å². The average Bonchev–Trinajstić information content (AvgIpc) is 2.31. The molecule has 1 aliphatic heterocycles. The van der Waals surface area contributed by atoms with E-state index >= 15 is 0 Å². The molecule has 0 aliphatic carbocycles. The Hall–Kier alpha value is -1.14. The lowest BCUT2D eigenvalue weighted by Crippen LogP contribution is -2.48. The van der Waals surface area contributed by atoms with Crippen molar-refractivity contribution < 1.29 is 19.4 Å². The highest BCUT2D eigenvalue weighted by Crippen LogP contribution is 2.09. The molecule has 6 heteroatoms. The number of carbonyl (C=O) groups is 2. The Morgan fingerprint density at radius 3 is 3.00 bits per heavy atom. The molecule has 1 saturated heterocycles. The highest BCUT2D eigenvalue weighted by atomic mass is 16.5. The molecule has 1 aliphatic rings. The minimum atomic E-state index is -0.744. The van der Waals surface area contributed by atoms with Crippen LogP contribution in [0.3, 0.4) is 0 Å². The van der Waals surface area contributed by atoms with E-state index in [2.05, 4.69) is 5.32 Å². The van der Waals surface area contributed by atoms with Crippen molar-refractivity contribution in [3.63, 3.8) is 0 Å². The quantitative estimate of drug-likeness (QED) is 0.629. The van der Waals surface area contributed by atoms with Gasteiger partial charge in [-0.15, -0.1) is 0 Å². The minimum absolute atomic E-state index is 0.00231. The topological polar surface area (TPSA) is 78.9 Å². The summed E-state index contributed by atoms with van der Waals surface area (Å²) in [5.41, 5.74) is 0. The van der Waals surface area contributed by atoms with Crippen LogP contribution in [0.4, 0.5) is 0 Å². The molecular formula is C12H22N2O4. The number of hydrogen-bond acceptors (Lipinski definition) is 5. The van der Waals surface area contributed by atoms with E-state index in [9.17, 15) is 14.7 Å². The molecule has 2 N–H and O–H groups in total. The van der Waals surface area contributed by atoms with Crippen LogP contribution in [0.5, 0.6) is 0 Å². The second-order valence-electron chi connectivity index (χ2n) is 4.58. The number of piperidine rings is 1. The summed E-state index contributed by atoms with van der Waals surface area (Å²) in [6.45, 7) is 3.04. The molecular weight excluding hydrogens is 236 g/mol. The zero-order chi connectivity index (χ0) is 13.5. The van der Waals surface area contributed by atoms with Crippen LogP contribution in [0.1, 0.15) is 26.2 Å². The Kier molecular flexibility index (Phi) is 6.07. The van der Waals surface area contributed by atoms with E-state index in [0.29, 0.717) is 26.1 Å². The van der Waals surface area contributed by atoms with Crippen LogP contribution in [0.15, 0.2) is 0 Å². The number of aliphatic hydroxyl groups is 1. The first-order valence-corrected chi connectivity index (χ1v) is 6.34. The van der Waals surface area contributed by atoms with Gasteiger partial charge in [-0.1, -0.05) is 0 Å². The summed E-state index contributed by atoms with van der Waals surface area (Å²) in [4.78, 5) is 24.1. The van der Waals surface area contributed by atoms with Crippen molar-refractivity contribution in [2.24, 2.45) is 0 Å². The third-order valence-electron chi connectivity index (χ3n) is 2.98. The van der Waals surface area contributed by atoms with Crippen molar-refractivity contribution in [3.8, 4) is 0 Å². The third kappa shape index (κ3) is 5.01. The van der Waals surface area contributed by atoms with Gasteiger partial charge >= 0.3 is 5.97 Å². The summed E-state index contributed by atoms with van der Waals surface area (Å²) < 4.78 is 4.76. The molecule has 0 aromatic rings. The first kappa shape index (κ1) is 14.9. The van der Waals surface area contributed by atoms with Gasteiger partial charge in [-0.05, 0) is 13.3 Å². The van der Waals surface area contributed by atoms with Gasteiger partial charge in [0.05, 0.1) is 19.1 Å². The highest BCUT2D eigenvalue weighted by Gasteiger charge is 2.23. The molecule has 2 atom stereocenters. The molecule has 104 valence electrons. The zero-order valence-electron chi connectivity index (χ0n) is 11.0. The maximum absolute atomic E-state index is 11.3. The summed E-state index contributed by atoms with van der Waals surface area (Å²) >= 11 is 0. The van der Waals surface area contributed by atoms with Crippen molar-refractivity contribution in [1.82, 2.24) is 10.2 Å². The van der Waals surface area contributed by atoms with Gasteiger partial charge in [-0.3, -0.25) is 9.59 Å². The van der Waals surface area contributed by atoms with E-state index in [0.717, 1.165) is 6.42 Å². The molecule has 18 heavy (non-hydrogen) atoms. The summed E-state index contributed by atoms with van der Waals surface area (Å²) in [5, 5.41) is 12.8.